The van der Waals surface area contributed by atoms with Gasteiger partial charge in [0.2, 0.25) is 5.82 Å². The first-order valence-corrected chi connectivity index (χ1v) is 6.37. The van der Waals surface area contributed by atoms with Crippen molar-refractivity contribution in [1.29, 1.82) is 5.26 Å². The molecule has 0 aliphatic heterocycles. The van der Waals surface area contributed by atoms with Crippen LogP contribution in [0.5, 0.6) is 0 Å². The predicted octanol–water partition coefficient (Wildman–Crippen LogP) is 2.83. The van der Waals surface area contributed by atoms with Gasteiger partial charge in [-0.1, -0.05) is 5.16 Å². The van der Waals surface area contributed by atoms with E-state index in [1.807, 2.05) is 12.1 Å². The summed E-state index contributed by atoms with van der Waals surface area (Å²) in [7, 11) is 0. The molecule has 0 bridgehead atoms. The Morgan fingerprint density at radius 1 is 1.20 bits per heavy atom. The zero-order valence-corrected chi connectivity index (χ0v) is 11.6. The van der Waals surface area contributed by atoms with E-state index in [2.05, 4.69) is 36.0 Å². The van der Waals surface area contributed by atoms with Gasteiger partial charge in [0.05, 0.1) is 0 Å². The van der Waals surface area contributed by atoms with Gasteiger partial charge in [0.25, 0.3) is 5.89 Å². The Balaban J connectivity index is 2.00. The molecule has 0 fully saturated rings. The van der Waals surface area contributed by atoms with Crippen molar-refractivity contribution in [3.8, 4) is 28.9 Å². The summed E-state index contributed by atoms with van der Waals surface area (Å²) in [5.41, 5.74) is 1.69. The molecule has 0 saturated heterocycles. The molecule has 3 rings (SSSR count). The summed E-state index contributed by atoms with van der Waals surface area (Å²) in [6.45, 7) is 0. The van der Waals surface area contributed by atoms with Gasteiger partial charge in [-0.05, 0) is 34.1 Å². The zero-order valence-electron chi connectivity index (χ0n) is 9.99. The third kappa shape index (κ3) is 2.41. The summed E-state index contributed by atoms with van der Waals surface area (Å²) in [6.07, 6.45) is 4.84. The topological polar surface area (TPSA) is 88.5 Å². The van der Waals surface area contributed by atoms with Crippen LogP contribution in [0.2, 0.25) is 0 Å². The van der Waals surface area contributed by atoms with E-state index in [-0.39, 0.29) is 0 Å². The van der Waals surface area contributed by atoms with Gasteiger partial charge >= 0.3 is 0 Å². The number of nitrogens with zero attached hydrogens (tertiary/aromatic N) is 5. The zero-order chi connectivity index (χ0) is 13.9. The number of halogens is 1. The van der Waals surface area contributed by atoms with Crippen LogP contribution < -0.4 is 0 Å². The number of rotatable bonds is 2. The lowest BCUT2D eigenvalue weighted by molar-refractivity contribution is 0.432. The van der Waals surface area contributed by atoms with Crippen LogP contribution in [0, 0.1) is 11.3 Å². The van der Waals surface area contributed by atoms with Crippen molar-refractivity contribution >= 4 is 15.9 Å². The Bertz CT molecular complexity index is 808. The molecule has 0 saturated carbocycles. The van der Waals surface area contributed by atoms with Gasteiger partial charge < -0.3 is 4.52 Å². The molecule has 3 aromatic heterocycles. The lowest BCUT2D eigenvalue weighted by Crippen LogP contribution is -1.85. The number of nitriles is 1. The standard InChI is InChI=1S/C13H6BrN5O/c14-10-3-9(6-16-7-10)12-18-13(20-19-12)8-1-2-17-11(4-8)5-15/h1-4,6-7H. The molecule has 0 amide bonds. The smallest absolute Gasteiger partial charge is 0.258 e. The van der Waals surface area contributed by atoms with Gasteiger partial charge in [-0.15, -0.1) is 0 Å². The summed E-state index contributed by atoms with van der Waals surface area (Å²) < 4.78 is 6.03. The number of aromatic nitrogens is 4. The maximum Gasteiger partial charge on any atom is 0.258 e. The Hall–Kier alpha value is -2.59. The second-order valence-electron chi connectivity index (χ2n) is 3.86. The van der Waals surface area contributed by atoms with Gasteiger partial charge in [0.1, 0.15) is 11.8 Å². The molecule has 20 heavy (non-hydrogen) atoms. The Labute approximate surface area is 122 Å². The van der Waals surface area contributed by atoms with Crippen molar-refractivity contribution in [3.05, 3.63) is 47.0 Å². The van der Waals surface area contributed by atoms with Gasteiger partial charge in [0.15, 0.2) is 0 Å². The van der Waals surface area contributed by atoms with Crippen LogP contribution in [0.1, 0.15) is 5.69 Å². The minimum absolute atomic E-state index is 0.298. The molecule has 7 heteroatoms. The molecular weight excluding hydrogens is 322 g/mol. The monoisotopic (exact) mass is 327 g/mol. The molecule has 0 aliphatic rings. The van der Waals surface area contributed by atoms with Gasteiger partial charge in [-0.2, -0.15) is 10.2 Å². The molecule has 0 aromatic carbocycles. The third-order valence-electron chi connectivity index (χ3n) is 2.51. The van der Waals surface area contributed by atoms with Crippen LogP contribution in [0.25, 0.3) is 22.8 Å². The average Bonchev–Trinajstić information content (AvgIpc) is 2.97. The molecule has 0 N–H and O–H groups in total. The molecule has 6 nitrogen and oxygen atoms in total. The summed E-state index contributed by atoms with van der Waals surface area (Å²) in [6, 6.07) is 7.11. The maximum atomic E-state index is 8.83. The van der Waals surface area contributed by atoms with Crippen LogP contribution in [0.15, 0.2) is 45.8 Å². The van der Waals surface area contributed by atoms with E-state index in [1.54, 1.807) is 24.5 Å². The van der Waals surface area contributed by atoms with Crippen molar-refractivity contribution in [2.24, 2.45) is 0 Å². The molecule has 0 radical (unpaired) electrons. The Morgan fingerprint density at radius 2 is 2.10 bits per heavy atom. The van der Waals surface area contributed by atoms with Crippen LogP contribution >= 0.6 is 15.9 Å². The van der Waals surface area contributed by atoms with Gasteiger partial charge in [-0.25, -0.2) is 4.98 Å². The summed E-state index contributed by atoms with van der Waals surface area (Å²) in [5, 5.41) is 12.7. The highest BCUT2D eigenvalue weighted by molar-refractivity contribution is 9.10. The lowest BCUT2D eigenvalue weighted by atomic mass is 10.2. The van der Waals surface area contributed by atoms with Gasteiger partial charge in [-0.3, -0.25) is 4.98 Å². The van der Waals surface area contributed by atoms with Crippen molar-refractivity contribution < 1.29 is 4.52 Å². The Kier molecular flexibility index (Phi) is 3.23. The highest BCUT2D eigenvalue weighted by Crippen LogP contribution is 2.23. The van der Waals surface area contributed by atoms with Crippen LogP contribution in [0.4, 0.5) is 0 Å². The second-order valence-corrected chi connectivity index (χ2v) is 4.77. The molecule has 0 unspecified atom stereocenters. The highest BCUT2D eigenvalue weighted by Gasteiger charge is 2.11. The average molecular weight is 328 g/mol. The fraction of sp³-hybridized carbons (Fsp3) is 0. The molecule has 3 aromatic rings. The predicted molar refractivity (Wildman–Crippen MR) is 73.2 cm³/mol. The van der Waals surface area contributed by atoms with Crippen molar-refractivity contribution in [2.45, 2.75) is 0 Å². The maximum absolute atomic E-state index is 8.83. The minimum atomic E-state index is 0.298. The van der Waals surface area contributed by atoms with Crippen molar-refractivity contribution in [1.82, 2.24) is 20.1 Å². The summed E-state index contributed by atoms with van der Waals surface area (Å²) in [4.78, 5) is 12.2. The minimum Gasteiger partial charge on any atom is -0.334 e. The van der Waals surface area contributed by atoms with E-state index in [9.17, 15) is 0 Å². The molecule has 96 valence electrons. The summed E-state index contributed by atoms with van der Waals surface area (Å²) in [5.74, 6) is 0.767. The molecule has 0 aliphatic carbocycles. The first kappa shape index (κ1) is 12.4. The van der Waals surface area contributed by atoms with Gasteiger partial charge in [0, 0.05) is 34.2 Å². The first-order valence-electron chi connectivity index (χ1n) is 5.57. The fourth-order valence-electron chi connectivity index (χ4n) is 1.62. The fourth-order valence-corrected chi connectivity index (χ4v) is 1.98. The normalized spacial score (nSPS) is 10.2. The van der Waals surface area contributed by atoms with E-state index >= 15 is 0 Å². The largest absolute Gasteiger partial charge is 0.334 e. The number of hydrogen-bond donors (Lipinski definition) is 0. The second kappa shape index (κ2) is 5.19. The lowest BCUT2D eigenvalue weighted by Gasteiger charge is -1.94. The van der Waals surface area contributed by atoms with Crippen LogP contribution in [-0.2, 0) is 0 Å². The van der Waals surface area contributed by atoms with E-state index in [1.165, 1.54) is 6.20 Å². The van der Waals surface area contributed by atoms with Crippen LogP contribution in [0.3, 0.4) is 0 Å². The quantitative estimate of drug-likeness (QED) is 0.719. The molecular formula is C13H6BrN5O. The first-order chi connectivity index (χ1) is 9.76. The highest BCUT2D eigenvalue weighted by atomic mass is 79.9. The molecule has 0 atom stereocenters. The van der Waals surface area contributed by atoms with E-state index in [0.717, 1.165) is 10.0 Å². The van der Waals surface area contributed by atoms with E-state index in [0.29, 0.717) is 23.0 Å². The molecule has 0 spiro atoms. The SMILES string of the molecule is N#Cc1cc(-c2nc(-c3cncc(Br)c3)no2)ccn1. The number of pyridine rings is 2. The van der Waals surface area contributed by atoms with Crippen molar-refractivity contribution in [2.75, 3.05) is 0 Å². The number of hydrogen-bond acceptors (Lipinski definition) is 6. The molecule has 3 heterocycles. The van der Waals surface area contributed by atoms with E-state index < -0.39 is 0 Å². The third-order valence-corrected chi connectivity index (χ3v) is 2.94. The summed E-state index contributed by atoms with van der Waals surface area (Å²) >= 11 is 3.34. The van der Waals surface area contributed by atoms with Crippen LogP contribution in [-0.4, -0.2) is 20.1 Å². The Morgan fingerprint density at radius 3 is 2.90 bits per heavy atom. The van der Waals surface area contributed by atoms with E-state index in [4.69, 9.17) is 9.78 Å². The van der Waals surface area contributed by atoms with Crippen molar-refractivity contribution in [3.63, 3.8) is 0 Å².